The van der Waals surface area contributed by atoms with Crippen LogP contribution in [0.1, 0.15) is 5.56 Å². The van der Waals surface area contributed by atoms with E-state index in [9.17, 15) is 22.8 Å². The van der Waals surface area contributed by atoms with Gasteiger partial charge in [-0.3, -0.25) is 14.9 Å². The zero-order valence-electron chi connectivity index (χ0n) is 17.8. The first-order chi connectivity index (χ1) is 16.3. The molecule has 0 spiro atoms. The number of benzene rings is 3. The minimum atomic E-state index is -4.11. The van der Waals surface area contributed by atoms with Crippen LogP contribution in [0.4, 0.5) is 10.5 Å². The first-order valence-corrected chi connectivity index (χ1v) is 11.3. The summed E-state index contributed by atoms with van der Waals surface area (Å²) in [5.41, 5.74) is 0.370. The van der Waals surface area contributed by atoms with Crippen molar-refractivity contribution in [1.29, 1.82) is 0 Å². The zero-order chi connectivity index (χ0) is 24.3. The number of barbiturate groups is 1. The van der Waals surface area contributed by atoms with Crippen LogP contribution >= 0.6 is 0 Å². The summed E-state index contributed by atoms with van der Waals surface area (Å²) in [4.78, 5) is 38.4. The maximum atomic E-state index is 13.0. The van der Waals surface area contributed by atoms with E-state index < -0.39 is 28.0 Å². The lowest BCUT2D eigenvalue weighted by atomic mass is 10.1. The Bertz CT molecular complexity index is 1400. The van der Waals surface area contributed by atoms with E-state index in [0.29, 0.717) is 11.3 Å². The number of amides is 4. The number of hydrogen-bond acceptors (Lipinski definition) is 7. The lowest BCUT2D eigenvalue weighted by molar-refractivity contribution is -0.122. The Balaban J connectivity index is 1.66. The first kappa shape index (κ1) is 22.7. The highest BCUT2D eigenvalue weighted by atomic mass is 32.2. The molecule has 0 aliphatic carbocycles. The van der Waals surface area contributed by atoms with Crippen LogP contribution in [-0.2, 0) is 19.7 Å². The molecule has 0 saturated carbocycles. The van der Waals surface area contributed by atoms with E-state index in [-0.39, 0.29) is 22.0 Å². The molecule has 0 atom stereocenters. The average Bonchev–Trinajstić information content (AvgIpc) is 2.83. The highest BCUT2D eigenvalue weighted by Gasteiger charge is 2.36. The third-order valence-electron chi connectivity index (χ3n) is 4.85. The van der Waals surface area contributed by atoms with Crippen molar-refractivity contribution in [3.8, 4) is 11.5 Å². The number of hydrogen-bond donors (Lipinski definition) is 1. The maximum absolute atomic E-state index is 13.0. The molecule has 1 N–H and O–H groups in total. The van der Waals surface area contributed by atoms with Crippen molar-refractivity contribution in [3.05, 3.63) is 90.0 Å². The van der Waals surface area contributed by atoms with E-state index >= 15 is 0 Å². The van der Waals surface area contributed by atoms with Gasteiger partial charge in [0.15, 0.2) is 11.5 Å². The summed E-state index contributed by atoms with van der Waals surface area (Å²) in [7, 11) is -2.78. The van der Waals surface area contributed by atoms with Crippen LogP contribution in [0.5, 0.6) is 11.5 Å². The van der Waals surface area contributed by atoms with Gasteiger partial charge in [-0.1, -0.05) is 42.5 Å². The number of ether oxygens (including phenoxy) is 1. The molecular formula is C24H18N2O7S. The van der Waals surface area contributed by atoms with Crippen molar-refractivity contribution in [3.63, 3.8) is 0 Å². The van der Waals surface area contributed by atoms with Gasteiger partial charge in [-0.2, -0.15) is 8.42 Å². The highest BCUT2D eigenvalue weighted by Crippen LogP contribution is 2.32. The third kappa shape index (κ3) is 4.52. The normalized spacial score (nSPS) is 15.3. The molecule has 34 heavy (non-hydrogen) atoms. The number of nitrogens with zero attached hydrogens (tertiary/aromatic N) is 1. The fourth-order valence-electron chi connectivity index (χ4n) is 3.23. The Hall–Kier alpha value is -4.44. The van der Waals surface area contributed by atoms with E-state index in [1.54, 1.807) is 48.5 Å². The Morgan fingerprint density at radius 1 is 0.853 bits per heavy atom. The summed E-state index contributed by atoms with van der Waals surface area (Å²) in [6.45, 7) is 0. The Morgan fingerprint density at radius 2 is 1.50 bits per heavy atom. The number of carbonyl (C=O) groups excluding carboxylic acids is 3. The first-order valence-electron chi connectivity index (χ1n) is 9.94. The standard InChI is InChI=1S/C24H18N2O7S/c1-32-21-15-16(12-13-20(21)33-34(30,31)18-10-6-3-7-11-18)14-19-22(27)25-24(29)26(23(19)28)17-8-4-2-5-9-17/h2-15H,1H3,(H,25,27,29)/b19-14+. The van der Waals surface area contributed by atoms with Gasteiger partial charge in [0.1, 0.15) is 10.5 Å². The summed E-state index contributed by atoms with van der Waals surface area (Å²) < 4.78 is 35.5. The predicted octanol–water partition coefficient (Wildman–Crippen LogP) is 3.13. The summed E-state index contributed by atoms with van der Waals surface area (Å²) in [5.74, 6) is -1.67. The number of anilines is 1. The number of imide groups is 2. The summed E-state index contributed by atoms with van der Waals surface area (Å²) >= 11 is 0. The van der Waals surface area contributed by atoms with Crippen LogP contribution in [0.15, 0.2) is 89.3 Å². The van der Waals surface area contributed by atoms with E-state index in [2.05, 4.69) is 5.32 Å². The van der Waals surface area contributed by atoms with Crippen molar-refractivity contribution in [2.45, 2.75) is 4.90 Å². The summed E-state index contributed by atoms with van der Waals surface area (Å²) in [6.07, 6.45) is 1.28. The van der Waals surface area contributed by atoms with E-state index in [4.69, 9.17) is 8.92 Å². The monoisotopic (exact) mass is 478 g/mol. The van der Waals surface area contributed by atoms with Gasteiger partial charge in [0.05, 0.1) is 12.8 Å². The van der Waals surface area contributed by atoms with Crippen LogP contribution in [0, 0.1) is 0 Å². The molecule has 1 saturated heterocycles. The Kier molecular flexibility index (Phi) is 6.15. The van der Waals surface area contributed by atoms with Gasteiger partial charge in [-0.15, -0.1) is 0 Å². The molecular weight excluding hydrogens is 460 g/mol. The average molecular weight is 478 g/mol. The maximum Gasteiger partial charge on any atom is 0.339 e. The third-order valence-corrected chi connectivity index (χ3v) is 6.09. The van der Waals surface area contributed by atoms with Crippen LogP contribution in [0.2, 0.25) is 0 Å². The largest absolute Gasteiger partial charge is 0.493 e. The molecule has 1 heterocycles. The molecule has 4 rings (SSSR count). The zero-order valence-corrected chi connectivity index (χ0v) is 18.6. The van der Waals surface area contributed by atoms with E-state index in [0.717, 1.165) is 4.90 Å². The van der Waals surface area contributed by atoms with Gasteiger partial charge >= 0.3 is 16.1 Å². The van der Waals surface area contributed by atoms with Gasteiger partial charge in [-0.25, -0.2) is 9.69 Å². The van der Waals surface area contributed by atoms with Gasteiger partial charge in [0.2, 0.25) is 0 Å². The number of rotatable bonds is 6. The summed E-state index contributed by atoms with van der Waals surface area (Å²) in [5, 5.41) is 2.14. The molecule has 1 aliphatic heterocycles. The molecule has 0 unspecified atom stereocenters. The number of urea groups is 1. The van der Waals surface area contributed by atoms with Gasteiger partial charge < -0.3 is 8.92 Å². The van der Waals surface area contributed by atoms with Crippen LogP contribution in [0.3, 0.4) is 0 Å². The second-order valence-electron chi connectivity index (χ2n) is 7.05. The summed E-state index contributed by atoms with van der Waals surface area (Å²) in [6, 6.07) is 19.1. The van der Waals surface area contributed by atoms with Gasteiger partial charge in [-0.05, 0) is 48.0 Å². The molecule has 1 aliphatic rings. The van der Waals surface area contributed by atoms with Gasteiger partial charge in [0, 0.05) is 0 Å². The molecule has 3 aromatic rings. The fourth-order valence-corrected chi connectivity index (χ4v) is 4.19. The Labute approximate surface area is 195 Å². The molecule has 3 aromatic carbocycles. The number of methoxy groups -OCH3 is 1. The lowest BCUT2D eigenvalue weighted by Gasteiger charge is -2.26. The molecule has 10 heteroatoms. The lowest BCUT2D eigenvalue weighted by Crippen LogP contribution is -2.54. The number of para-hydroxylation sites is 1. The molecule has 9 nitrogen and oxygen atoms in total. The topological polar surface area (TPSA) is 119 Å². The molecule has 4 amide bonds. The van der Waals surface area contributed by atoms with Crippen LogP contribution < -0.4 is 19.1 Å². The molecule has 1 fully saturated rings. The van der Waals surface area contributed by atoms with Crippen LogP contribution in [0.25, 0.3) is 6.08 Å². The number of carbonyl (C=O) groups is 3. The second kappa shape index (κ2) is 9.20. The quantitative estimate of drug-likeness (QED) is 0.328. The van der Waals surface area contributed by atoms with Crippen LogP contribution in [-0.4, -0.2) is 33.4 Å². The van der Waals surface area contributed by atoms with Crippen molar-refractivity contribution in [2.75, 3.05) is 12.0 Å². The van der Waals surface area contributed by atoms with Gasteiger partial charge in [0.25, 0.3) is 11.8 Å². The number of nitrogens with one attached hydrogen (secondary N) is 1. The van der Waals surface area contributed by atoms with E-state index in [1.807, 2.05) is 0 Å². The smallest absolute Gasteiger partial charge is 0.339 e. The minimum absolute atomic E-state index is 0.0293. The predicted molar refractivity (Wildman–Crippen MR) is 123 cm³/mol. The van der Waals surface area contributed by atoms with Crippen molar-refractivity contribution < 1.29 is 31.7 Å². The molecule has 0 bridgehead atoms. The van der Waals surface area contributed by atoms with E-state index in [1.165, 1.54) is 43.5 Å². The molecule has 0 aromatic heterocycles. The van der Waals surface area contributed by atoms with Crippen molar-refractivity contribution in [1.82, 2.24) is 5.32 Å². The SMILES string of the molecule is COc1cc(/C=C2\C(=O)NC(=O)N(c3ccccc3)C2=O)ccc1OS(=O)(=O)c1ccccc1. The fraction of sp³-hybridized carbons (Fsp3) is 0.0417. The Morgan fingerprint density at radius 3 is 2.15 bits per heavy atom. The highest BCUT2D eigenvalue weighted by molar-refractivity contribution is 7.87. The molecule has 172 valence electrons. The van der Waals surface area contributed by atoms with Crippen molar-refractivity contribution >= 4 is 39.7 Å². The molecule has 0 radical (unpaired) electrons. The minimum Gasteiger partial charge on any atom is -0.493 e. The second-order valence-corrected chi connectivity index (χ2v) is 8.60. The van der Waals surface area contributed by atoms with Crippen molar-refractivity contribution in [2.24, 2.45) is 0 Å².